The summed E-state index contributed by atoms with van der Waals surface area (Å²) in [6, 6.07) is 5.70. The van der Waals surface area contributed by atoms with Gasteiger partial charge < -0.3 is 14.5 Å². The monoisotopic (exact) mass is 301 g/mol. The molecule has 1 atom stereocenters. The third-order valence-corrected chi connectivity index (χ3v) is 3.79. The highest BCUT2D eigenvalue weighted by atomic mass is 16.5. The number of hydrogen-bond donors (Lipinski definition) is 1. The Morgan fingerprint density at radius 3 is 2.91 bits per heavy atom. The number of aromatic nitrogens is 1. The zero-order valence-corrected chi connectivity index (χ0v) is 12.3. The smallest absolute Gasteiger partial charge is 0.254 e. The molecule has 6 heteroatoms. The van der Waals surface area contributed by atoms with Gasteiger partial charge in [-0.15, -0.1) is 0 Å². The van der Waals surface area contributed by atoms with E-state index in [9.17, 15) is 4.79 Å². The van der Waals surface area contributed by atoms with Crippen LogP contribution >= 0.6 is 0 Å². The van der Waals surface area contributed by atoms with Crippen LogP contribution in [0.25, 0.3) is 0 Å². The number of carbonyl (C=O) groups is 1. The Morgan fingerprint density at radius 2 is 2.23 bits per heavy atom. The molecular weight excluding hydrogens is 282 g/mol. The van der Waals surface area contributed by atoms with E-state index in [4.69, 9.17) is 9.15 Å². The van der Waals surface area contributed by atoms with E-state index in [2.05, 4.69) is 15.2 Å². The summed E-state index contributed by atoms with van der Waals surface area (Å²) in [4.78, 5) is 18.6. The molecule has 0 bridgehead atoms. The van der Waals surface area contributed by atoms with Gasteiger partial charge in [0, 0.05) is 32.0 Å². The van der Waals surface area contributed by atoms with E-state index in [1.54, 1.807) is 12.3 Å². The van der Waals surface area contributed by atoms with Crippen molar-refractivity contribution in [3.05, 3.63) is 54.2 Å². The number of hydrogen-bond acceptors (Lipinski definition) is 5. The molecule has 1 amide bonds. The predicted molar refractivity (Wildman–Crippen MR) is 80.4 cm³/mol. The van der Waals surface area contributed by atoms with E-state index < -0.39 is 0 Å². The van der Waals surface area contributed by atoms with Crippen LogP contribution in [0.3, 0.4) is 0 Å². The van der Waals surface area contributed by atoms with Gasteiger partial charge in [-0.1, -0.05) is 6.07 Å². The molecule has 0 unspecified atom stereocenters. The number of ether oxygens (including phenoxy) is 1. The van der Waals surface area contributed by atoms with Gasteiger partial charge in [0.05, 0.1) is 31.1 Å². The SMILES string of the molecule is O=C(NC[C@H](c1cccnc1)N1CCOCC1)c1ccoc1. The second kappa shape index (κ2) is 7.20. The number of morpholine rings is 1. The second-order valence-electron chi connectivity index (χ2n) is 5.17. The first-order chi connectivity index (χ1) is 10.8. The lowest BCUT2D eigenvalue weighted by Crippen LogP contribution is -2.43. The molecular formula is C16H19N3O3. The van der Waals surface area contributed by atoms with Gasteiger partial charge in [-0.3, -0.25) is 14.7 Å². The minimum absolute atomic E-state index is 0.0912. The van der Waals surface area contributed by atoms with Gasteiger partial charge in [-0.25, -0.2) is 0 Å². The number of pyridine rings is 1. The standard InChI is InChI=1S/C16H19N3O3/c20-16(14-3-7-22-12-14)18-11-15(13-2-1-4-17-10-13)19-5-8-21-9-6-19/h1-4,7,10,12,15H,5-6,8-9,11H2,(H,18,20)/t15-/m1/s1. The number of rotatable bonds is 5. The Hall–Kier alpha value is -2.18. The van der Waals surface area contributed by atoms with Crippen molar-refractivity contribution in [1.29, 1.82) is 0 Å². The van der Waals surface area contributed by atoms with Crippen molar-refractivity contribution in [3.63, 3.8) is 0 Å². The highest BCUT2D eigenvalue weighted by Gasteiger charge is 2.23. The van der Waals surface area contributed by atoms with Crippen molar-refractivity contribution in [2.45, 2.75) is 6.04 Å². The number of nitrogens with zero attached hydrogens (tertiary/aromatic N) is 2. The van der Waals surface area contributed by atoms with Crippen LogP contribution in [-0.4, -0.2) is 48.6 Å². The van der Waals surface area contributed by atoms with Crippen molar-refractivity contribution in [2.24, 2.45) is 0 Å². The molecule has 1 aliphatic rings. The number of furan rings is 1. The van der Waals surface area contributed by atoms with Gasteiger partial charge in [-0.2, -0.15) is 0 Å². The van der Waals surface area contributed by atoms with Gasteiger partial charge >= 0.3 is 0 Å². The Balaban J connectivity index is 1.69. The van der Waals surface area contributed by atoms with Crippen LogP contribution in [-0.2, 0) is 4.74 Å². The van der Waals surface area contributed by atoms with Gasteiger partial charge in [0.2, 0.25) is 0 Å². The molecule has 0 spiro atoms. The first-order valence-electron chi connectivity index (χ1n) is 7.37. The van der Waals surface area contributed by atoms with Crippen molar-refractivity contribution >= 4 is 5.91 Å². The van der Waals surface area contributed by atoms with E-state index in [1.807, 2.05) is 18.3 Å². The zero-order valence-electron chi connectivity index (χ0n) is 12.3. The summed E-state index contributed by atoms with van der Waals surface area (Å²) in [6.07, 6.45) is 6.55. The lowest BCUT2D eigenvalue weighted by atomic mass is 10.1. The zero-order chi connectivity index (χ0) is 15.2. The fourth-order valence-electron chi connectivity index (χ4n) is 2.61. The number of amides is 1. The third-order valence-electron chi connectivity index (χ3n) is 3.79. The lowest BCUT2D eigenvalue weighted by Gasteiger charge is -2.34. The first kappa shape index (κ1) is 14.7. The molecule has 1 saturated heterocycles. The van der Waals surface area contributed by atoms with Crippen LogP contribution in [0.2, 0.25) is 0 Å². The van der Waals surface area contributed by atoms with Gasteiger partial charge in [0.1, 0.15) is 6.26 Å². The van der Waals surface area contributed by atoms with E-state index in [0.717, 1.165) is 18.7 Å². The molecule has 116 valence electrons. The van der Waals surface area contributed by atoms with E-state index in [-0.39, 0.29) is 11.9 Å². The summed E-state index contributed by atoms with van der Waals surface area (Å²) >= 11 is 0. The van der Waals surface area contributed by atoms with Crippen LogP contribution in [0.4, 0.5) is 0 Å². The molecule has 3 heterocycles. The minimum atomic E-state index is -0.129. The molecule has 2 aromatic heterocycles. The van der Waals surface area contributed by atoms with Crippen LogP contribution in [0.15, 0.2) is 47.5 Å². The van der Waals surface area contributed by atoms with Gasteiger partial charge in [0.25, 0.3) is 5.91 Å². The molecule has 1 fully saturated rings. The van der Waals surface area contributed by atoms with Crippen LogP contribution in [0.1, 0.15) is 22.0 Å². The normalized spacial score (nSPS) is 17.1. The molecule has 0 radical (unpaired) electrons. The maximum Gasteiger partial charge on any atom is 0.254 e. The summed E-state index contributed by atoms with van der Waals surface area (Å²) in [5.74, 6) is -0.129. The molecule has 0 aromatic carbocycles. The van der Waals surface area contributed by atoms with E-state index >= 15 is 0 Å². The molecule has 0 saturated carbocycles. The Morgan fingerprint density at radius 1 is 1.36 bits per heavy atom. The van der Waals surface area contributed by atoms with Gasteiger partial charge in [0.15, 0.2) is 0 Å². The maximum absolute atomic E-state index is 12.1. The second-order valence-corrected chi connectivity index (χ2v) is 5.17. The molecule has 2 aromatic rings. The lowest BCUT2D eigenvalue weighted by molar-refractivity contribution is 0.0161. The Labute approximate surface area is 129 Å². The highest BCUT2D eigenvalue weighted by Crippen LogP contribution is 2.20. The summed E-state index contributed by atoms with van der Waals surface area (Å²) in [5.41, 5.74) is 1.63. The minimum Gasteiger partial charge on any atom is -0.472 e. The molecule has 3 rings (SSSR count). The molecule has 22 heavy (non-hydrogen) atoms. The topological polar surface area (TPSA) is 67.6 Å². The van der Waals surface area contributed by atoms with Crippen molar-refractivity contribution < 1.29 is 13.9 Å². The van der Waals surface area contributed by atoms with Crippen molar-refractivity contribution in [1.82, 2.24) is 15.2 Å². The molecule has 6 nitrogen and oxygen atoms in total. The summed E-state index contributed by atoms with van der Waals surface area (Å²) in [6.45, 7) is 3.65. The Bertz CT molecular complexity index is 580. The predicted octanol–water partition coefficient (Wildman–Crippen LogP) is 1.48. The number of nitrogens with one attached hydrogen (secondary N) is 1. The van der Waals surface area contributed by atoms with E-state index in [1.165, 1.54) is 12.5 Å². The maximum atomic E-state index is 12.1. The van der Waals surface area contributed by atoms with Gasteiger partial charge in [-0.05, 0) is 17.7 Å². The van der Waals surface area contributed by atoms with Crippen LogP contribution in [0, 0.1) is 0 Å². The fraction of sp³-hybridized carbons (Fsp3) is 0.375. The molecule has 0 aliphatic carbocycles. The molecule has 1 N–H and O–H groups in total. The molecule has 1 aliphatic heterocycles. The Kier molecular flexibility index (Phi) is 4.82. The average Bonchev–Trinajstić information content (AvgIpc) is 3.11. The summed E-state index contributed by atoms with van der Waals surface area (Å²) in [5, 5.41) is 2.97. The fourth-order valence-corrected chi connectivity index (χ4v) is 2.61. The van der Waals surface area contributed by atoms with Crippen molar-refractivity contribution in [3.8, 4) is 0 Å². The largest absolute Gasteiger partial charge is 0.472 e. The first-order valence-corrected chi connectivity index (χ1v) is 7.37. The summed E-state index contributed by atoms with van der Waals surface area (Å²) in [7, 11) is 0. The van der Waals surface area contributed by atoms with E-state index in [0.29, 0.717) is 25.3 Å². The highest BCUT2D eigenvalue weighted by molar-refractivity contribution is 5.93. The van der Waals surface area contributed by atoms with Crippen LogP contribution < -0.4 is 5.32 Å². The average molecular weight is 301 g/mol. The quantitative estimate of drug-likeness (QED) is 0.906. The van der Waals surface area contributed by atoms with Crippen LogP contribution in [0.5, 0.6) is 0 Å². The number of carbonyl (C=O) groups excluding carboxylic acids is 1. The third kappa shape index (κ3) is 3.52. The summed E-state index contributed by atoms with van der Waals surface area (Å²) < 4.78 is 10.4. The van der Waals surface area contributed by atoms with Crippen molar-refractivity contribution in [2.75, 3.05) is 32.8 Å².